The molecule has 0 bridgehead atoms. The van der Waals surface area contributed by atoms with Gasteiger partial charge in [-0.25, -0.2) is 0 Å². The van der Waals surface area contributed by atoms with Gasteiger partial charge in [-0.1, -0.05) is 12.1 Å². The second-order valence-corrected chi connectivity index (χ2v) is 5.14. The van der Waals surface area contributed by atoms with E-state index in [-0.39, 0.29) is 0 Å². The number of ether oxygens (including phenoxy) is 1. The molecule has 0 unspecified atom stereocenters. The fraction of sp³-hybridized carbons (Fsp3) is 0.438. The second-order valence-electron chi connectivity index (χ2n) is 5.14. The maximum Gasteiger partial charge on any atom is 0.118 e. The minimum absolute atomic E-state index is 0.867. The van der Waals surface area contributed by atoms with Crippen molar-refractivity contribution in [3.05, 3.63) is 41.1 Å². The van der Waals surface area contributed by atoms with Gasteiger partial charge in [0.25, 0.3) is 0 Å². The standard InChI is InChI=1S/C16H23N3O/c1-12(17)15-8-9-19(11-16(15)18-2)10-13-4-6-14(20-3)7-5-13/h4-7H,8-11,17H2,1-3H3. The van der Waals surface area contributed by atoms with Crippen LogP contribution in [0.2, 0.25) is 0 Å². The summed E-state index contributed by atoms with van der Waals surface area (Å²) in [7, 11) is 3.53. The Morgan fingerprint density at radius 2 is 2.05 bits per heavy atom. The lowest BCUT2D eigenvalue weighted by Crippen LogP contribution is -2.37. The van der Waals surface area contributed by atoms with Gasteiger partial charge in [0, 0.05) is 32.4 Å². The SMILES string of the molecule is CN=C1CN(Cc2ccc(OC)cc2)CCC1=C(C)N. The molecule has 0 atom stereocenters. The van der Waals surface area contributed by atoms with Crippen LogP contribution in [0.15, 0.2) is 40.5 Å². The summed E-state index contributed by atoms with van der Waals surface area (Å²) in [6, 6.07) is 8.23. The van der Waals surface area contributed by atoms with Crippen LogP contribution in [0, 0.1) is 0 Å². The van der Waals surface area contributed by atoms with E-state index >= 15 is 0 Å². The fourth-order valence-electron chi connectivity index (χ4n) is 2.56. The molecule has 1 aromatic rings. The minimum atomic E-state index is 0.867. The smallest absolute Gasteiger partial charge is 0.118 e. The number of piperidine rings is 1. The first-order chi connectivity index (χ1) is 9.63. The number of allylic oxidation sites excluding steroid dienone is 1. The number of nitrogens with zero attached hydrogens (tertiary/aromatic N) is 2. The van der Waals surface area contributed by atoms with Gasteiger partial charge in [-0.15, -0.1) is 0 Å². The van der Waals surface area contributed by atoms with Gasteiger partial charge in [0.15, 0.2) is 0 Å². The van der Waals surface area contributed by atoms with Crippen molar-refractivity contribution < 1.29 is 4.74 Å². The van der Waals surface area contributed by atoms with Gasteiger partial charge in [0.05, 0.1) is 12.8 Å². The molecule has 4 heteroatoms. The molecule has 20 heavy (non-hydrogen) atoms. The Bertz CT molecular complexity index is 513. The molecule has 2 rings (SSSR count). The molecule has 1 saturated heterocycles. The third-order valence-corrected chi connectivity index (χ3v) is 3.71. The number of nitrogens with two attached hydrogens (primary N) is 1. The zero-order valence-corrected chi connectivity index (χ0v) is 12.5. The van der Waals surface area contributed by atoms with E-state index in [9.17, 15) is 0 Å². The summed E-state index contributed by atoms with van der Waals surface area (Å²) in [4.78, 5) is 6.79. The summed E-state index contributed by atoms with van der Waals surface area (Å²) in [6.07, 6.45) is 0.977. The number of hydrogen-bond acceptors (Lipinski definition) is 4. The highest BCUT2D eigenvalue weighted by atomic mass is 16.5. The maximum absolute atomic E-state index is 5.93. The predicted octanol–water partition coefficient (Wildman–Crippen LogP) is 2.20. The average Bonchev–Trinajstić information content (AvgIpc) is 2.47. The monoisotopic (exact) mass is 273 g/mol. The first kappa shape index (κ1) is 14.6. The zero-order valence-electron chi connectivity index (χ0n) is 12.5. The van der Waals surface area contributed by atoms with Crippen LogP contribution in [-0.4, -0.2) is 37.9 Å². The number of aliphatic imine (C=N–C) groups is 1. The Morgan fingerprint density at radius 1 is 1.35 bits per heavy atom. The highest BCUT2D eigenvalue weighted by Gasteiger charge is 2.20. The van der Waals surface area contributed by atoms with Crippen molar-refractivity contribution in [1.82, 2.24) is 4.90 Å². The van der Waals surface area contributed by atoms with E-state index in [4.69, 9.17) is 10.5 Å². The molecular weight excluding hydrogens is 250 g/mol. The summed E-state index contributed by atoms with van der Waals surface area (Å²) in [5.41, 5.74) is 10.5. The van der Waals surface area contributed by atoms with Crippen molar-refractivity contribution in [3.8, 4) is 5.75 Å². The largest absolute Gasteiger partial charge is 0.497 e. The van der Waals surface area contributed by atoms with Gasteiger partial charge in [0.2, 0.25) is 0 Å². The van der Waals surface area contributed by atoms with Crippen LogP contribution in [-0.2, 0) is 6.54 Å². The topological polar surface area (TPSA) is 50.8 Å². The molecule has 1 aliphatic rings. The lowest BCUT2D eigenvalue weighted by Gasteiger charge is -2.30. The van der Waals surface area contributed by atoms with Crippen LogP contribution < -0.4 is 10.5 Å². The minimum Gasteiger partial charge on any atom is -0.497 e. The van der Waals surface area contributed by atoms with E-state index in [0.29, 0.717) is 0 Å². The van der Waals surface area contributed by atoms with Crippen molar-refractivity contribution in [1.29, 1.82) is 0 Å². The Kier molecular flexibility index (Phi) is 4.79. The van der Waals surface area contributed by atoms with Gasteiger partial charge in [-0.2, -0.15) is 0 Å². The van der Waals surface area contributed by atoms with Crippen molar-refractivity contribution in [2.45, 2.75) is 19.9 Å². The van der Waals surface area contributed by atoms with E-state index in [2.05, 4.69) is 22.0 Å². The summed E-state index contributed by atoms with van der Waals surface area (Å²) in [5, 5.41) is 0. The van der Waals surface area contributed by atoms with Crippen LogP contribution in [0.3, 0.4) is 0 Å². The number of methoxy groups -OCH3 is 1. The Balaban J connectivity index is 2.03. The molecule has 1 aliphatic heterocycles. The van der Waals surface area contributed by atoms with Gasteiger partial charge >= 0.3 is 0 Å². The van der Waals surface area contributed by atoms with E-state index in [1.807, 2.05) is 26.1 Å². The van der Waals surface area contributed by atoms with Gasteiger partial charge < -0.3 is 10.5 Å². The highest BCUT2D eigenvalue weighted by Crippen LogP contribution is 2.19. The molecule has 0 radical (unpaired) electrons. The number of benzene rings is 1. The van der Waals surface area contributed by atoms with E-state index in [1.165, 1.54) is 11.1 Å². The number of hydrogen-bond donors (Lipinski definition) is 1. The van der Waals surface area contributed by atoms with E-state index < -0.39 is 0 Å². The highest BCUT2D eigenvalue weighted by molar-refractivity contribution is 6.02. The molecule has 0 saturated carbocycles. The molecule has 2 N–H and O–H groups in total. The molecular formula is C16H23N3O. The second kappa shape index (κ2) is 6.57. The zero-order chi connectivity index (χ0) is 14.5. The van der Waals surface area contributed by atoms with Crippen molar-refractivity contribution in [2.24, 2.45) is 10.7 Å². The molecule has 0 aliphatic carbocycles. The van der Waals surface area contributed by atoms with E-state index in [0.717, 1.165) is 43.2 Å². The van der Waals surface area contributed by atoms with Gasteiger partial charge in [0.1, 0.15) is 5.75 Å². The first-order valence-electron chi connectivity index (χ1n) is 6.90. The Labute approximate surface area is 120 Å². The quantitative estimate of drug-likeness (QED) is 0.918. The lowest BCUT2D eigenvalue weighted by atomic mass is 9.99. The summed E-state index contributed by atoms with van der Waals surface area (Å²) < 4.78 is 5.18. The molecule has 4 nitrogen and oxygen atoms in total. The molecule has 1 aromatic carbocycles. The number of likely N-dealkylation sites (tertiary alicyclic amines) is 1. The van der Waals surface area contributed by atoms with Gasteiger partial charge in [-0.05, 0) is 36.6 Å². The Morgan fingerprint density at radius 3 is 2.60 bits per heavy atom. The van der Waals surface area contributed by atoms with Crippen molar-refractivity contribution in [3.63, 3.8) is 0 Å². The summed E-state index contributed by atoms with van der Waals surface area (Å²) >= 11 is 0. The molecule has 0 aromatic heterocycles. The number of rotatable bonds is 3. The molecule has 0 spiro atoms. The third-order valence-electron chi connectivity index (χ3n) is 3.71. The predicted molar refractivity (Wildman–Crippen MR) is 83.1 cm³/mol. The third kappa shape index (κ3) is 3.39. The average molecular weight is 273 g/mol. The van der Waals surface area contributed by atoms with Crippen LogP contribution in [0.25, 0.3) is 0 Å². The van der Waals surface area contributed by atoms with Crippen LogP contribution in [0.5, 0.6) is 5.75 Å². The van der Waals surface area contributed by atoms with Gasteiger partial charge in [-0.3, -0.25) is 9.89 Å². The summed E-state index contributed by atoms with van der Waals surface area (Å²) in [6.45, 7) is 4.78. The Hall–Kier alpha value is -1.81. The van der Waals surface area contributed by atoms with Crippen molar-refractivity contribution in [2.75, 3.05) is 27.2 Å². The maximum atomic E-state index is 5.93. The van der Waals surface area contributed by atoms with Crippen LogP contribution in [0.1, 0.15) is 18.9 Å². The van der Waals surface area contributed by atoms with Crippen LogP contribution in [0.4, 0.5) is 0 Å². The van der Waals surface area contributed by atoms with Crippen LogP contribution >= 0.6 is 0 Å². The molecule has 1 fully saturated rings. The molecule has 0 amide bonds. The molecule has 1 heterocycles. The van der Waals surface area contributed by atoms with E-state index in [1.54, 1.807) is 7.11 Å². The fourth-order valence-corrected chi connectivity index (χ4v) is 2.56. The molecule has 108 valence electrons. The summed E-state index contributed by atoms with van der Waals surface area (Å²) in [5.74, 6) is 0.896. The first-order valence-corrected chi connectivity index (χ1v) is 6.90. The lowest BCUT2D eigenvalue weighted by molar-refractivity contribution is 0.296. The normalized spacial score (nSPS) is 21.1. The van der Waals surface area contributed by atoms with Crippen molar-refractivity contribution >= 4 is 5.71 Å².